The molecule has 0 aliphatic heterocycles. The first-order valence-corrected chi connectivity index (χ1v) is 8.48. The van der Waals surface area contributed by atoms with E-state index in [1.165, 1.54) is 12.3 Å². The Labute approximate surface area is 149 Å². The smallest absolute Gasteiger partial charge is 0.336 e. The van der Waals surface area contributed by atoms with Gasteiger partial charge in [0.15, 0.2) is 5.65 Å². The van der Waals surface area contributed by atoms with E-state index in [1.54, 1.807) is 22.8 Å². The van der Waals surface area contributed by atoms with E-state index in [0.29, 0.717) is 27.3 Å². The van der Waals surface area contributed by atoms with Gasteiger partial charge in [0.1, 0.15) is 0 Å². The fourth-order valence-electron chi connectivity index (χ4n) is 3.21. The number of imidazole rings is 1. The average Bonchev–Trinajstić information content (AvgIpc) is 2.93. The summed E-state index contributed by atoms with van der Waals surface area (Å²) in [4.78, 5) is 31.1. The first kappa shape index (κ1) is 17.2. The molecule has 130 valence electrons. The molecular weight excluding hydrogens is 342 g/mol. The molecule has 0 bridgehead atoms. The number of aromatic nitrogens is 3. The first-order chi connectivity index (χ1) is 12.0. The number of carbonyl (C=O) groups is 1. The molecule has 0 fully saturated rings. The topological polar surface area (TPSA) is 88.0 Å². The summed E-state index contributed by atoms with van der Waals surface area (Å²) in [5.74, 6) is -1.05. The second-order valence-electron chi connectivity index (χ2n) is 5.80. The van der Waals surface area contributed by atoms with Gasteiger partial charge >= 0.3 is 11.7 Å². The predicted octanol–water partition coefficient (Wildman–Crippen LogP) is 4.10. The molecule has 7 heteroatoms. The van der Waals surface area contributed by atoms with Crippen LogP contribution in [0.2, 0.25) is 5.02 Å². The third kappa shape index (κ3) is 2.82. The molecule has 0 saturated heterocycles. The minimum absolute atomic E-state index is 0.0303. The van der Waals surface area contributed by atoms with Gasteiger partial charge in [0.05, 0.1) is 16.1 Å². The van der Waals surface area contributed by atoms with E-state index >= 15 is 0 Å². The summed E-state index contributed by atoms with van der Waals surface area (Å²) in [6.07, 6.45) is 2.96. The van der Waals surface area contributed by atoms with Gasteiger partial charge in [-0.15, -0.1) is 0 Å². The molecule has 0 unspecified atom stereocenters. The summed E-state index contributed by atoms with van der Waals surface area (Å²) in [6.45, 7) is 4.00. The lowest BCUT2D eigenvalue weighted by atomic mass is 9.99. The Morgan fingerprint density at radius 2 is 2.00 bits per heavy atom. The lowest BCUT2D eigenvalue weighted by molar-refractivity contribution is 0.0697. The monoisotopic (exact) mass is 359 g/mol. The molecule has 3 rings (SSSR count). The maximum atomic E-state index is 12.5. The molecule has 6 nitrogen and oxygen atoms in total. The lowest BCUT2D eigenvalue weighted by Gasteiger charge is -2.17. The SMILES string of the molecule is CCC(CC)n1c(=O)[nH]c2ncc(Cl)c(-c3ccccc3C(=O)O)c21. The molecule has 25 heavy (non-hydrogen) atoms. The number of benzene rings is 1. The molecule has 0 spiro atoms. The van der Waals surface area contributed by atoms with Gasteiger partial charge in [-0.2, -0.15) is 0 Å². The van der Waals surface area contributed by atoms with Crippen LogP contribution in [0.25, 0.3) is 22.3 Å². The largest absolute Gasteiger partial charge is 0.478 e. The molecule has 0 amide bonds. The highest BCUT2D eigenvalue weighted by atomic mass is 35.5. The van der Waals surface area contributed by atoms with Crippen molar-refractivity contribution < 1.29 is 9.90 Å². The summed E-state index contributed by atoms with van der Waals surface area (Å²) < 4.78 is 1.64. The van der Waals surface area contributed by atoms with E-state index < -0.39 is 5.97 Å². The summed E-state index contributed by atoms with van der Waals surface area (Å²) in [6, 6.07) is 6.59. The van der Waals surface area contributed by atoms with Crippen LogP contribution >= 0.6 is 11.6 Å². The number of halogens is 1. The maximum Gasteiger partial charge on any atom is 0.336 e. The zero-order valence-electron chi connectivity index (χ0n) is 13.9. The van der Waals surface area contributed by atoms with Gasteiger partial charge in [-0.3, -0.25) is 9.55 Å². The number of nitrogens with zero attached hydrogens (tertiary/aromatic N) is 2. The van der Waals surface area contributed by atoms with Crippen LogP contribution < -0.4 is 5.69 Å². The molecule has 2 aromatic heterocycles. The van der Waals surface area contributed by atoms with Crippen LogP contribution in [0.3, 0.4) is 0 Å². The standard InChI is InChI=1S/C18H18ClN3O3/c1-3-10(4-2)22-15-14(11-7-5-6-8-12(11)17(23)24)13(19)9-20-16(15)21-18(22)25/h5-10H,3-4H2,1-2H3,(H,23,24)(H,20,21,25). The van der Waals surface area contributed by atoms with Gasteiger partial charge < -0.3 is 5.11 Å². The van der Waals surface area contributed by atoms with Gasteiger partial charge in [0, 0.05) is 17.8 Å². The Morgan fingerprint density at radius 3 is 2.64 bits per heavy atom. The zero-order valence-corrected chi connectivity index (χ0v) is 14.7. The number of fused-ring (bicyclic) bond motifs is 1. The Bertz CT molecular complexity index is 1000. The number of nitrogens with one attached hydrogen (secondary N) is 1. The number of aromatic carboxylic acids is 1. The molecule has 0 aliphatic rings. The molecule has 0 aliphatic carbocycles. The summed E-state index contributed by atoms with van der Waals surface area (Å²) >= 11 is 6.40. The van der Waals surface area contributed by atoms with E-state index in [-0.39, 0.29) is 17.3 Å². The van der Waals surface area contributed by atoms with Crippen molar-refractivity contribution in [3.63, 3.8) is 0 Å². The maximum absolute atomic E-state index is 12.5. The highest BCUT2D eigenvalue weighted by Gasteiger charge is 2.23. The highest BCUT2D eigenvalue weighted by molar-refractivity contribution is 6.34. The Kier molecular flexibility index (Phi) is 4.63. The van der Waals surface area contributed by atoms with Crippen molar-refractivity contribution in [2.75, 3.05) is 0 Å². The summed E-state index contributed by atoms with van der Waals surface area (Å²) in [5.41, 5.74) is 1.77. The molecule has 0 atom stereocenters. The first-order valence-electron chi connectivity index (χ1n) is 8.10. The number of hydrogen-bond acceptors (Lipinski definition) is 3. The van der Waals surface area contributed by atoms with Crippen LogP contribution in [0.4, 0.5) is 0 Å². The molecule has 3 aromatic rings. The fraction of sp³-hybridized carbons (Fsp3) is 0.278. The lowest BCUT2D eigenvalue weighted by Crippen LogP contribution is -2.21. The van der Waals surface area contributed by atoms with E-state index in [2.05, 4.69) is 9.97 Å². The Balaban J connectivity index is 2.46. The van der Waals surface area contributed by atoms with Crippen LogP contribution in [-0.4, -0.2) is 25.6 Å². The van der Waals surface area contributed by atoms with Crippen molar-refractivity contribution in [2.24, 2.45) is 0 Å². The number of pyridine rings is 1. The third-order valence-corrected chi connectivity index (χ3v) is 4.71. The van der Waals surface area contributed by atoms with Gasteiger partial charge in [0.2, 0.25) is 0 Å². The van der Waals surface area contributed by atoms with Crippen molar-refractivity contribution in [1.82, 2.24) is 14.5 Å². The van der Waals surface area contributed by atoms with E-state index in [1.807, 2.05) is 13.8 Å². The number of rotatable bonds is 5. The summed E-state index contributed by atoms with van der Waals surface area (Å²) in [5, 5.41) is 9.84. The molecule has 0 radical (unpaired) electrons. The minimum Gasteiger partial charge on any atom is -0.478 e. The molecule has 0 saturated carbocycles. The van der Waals surface area contributed by atoms with Gasteiger partial charge in [0.25, 0.3) is 0 Å². The summed E-state index contributed by atoms with van der Waals surface area (Å²) in [7, 11) is 0. The minimum atomic E-state index is -1.05. The molecule has 2 heterocycles. The van der Waals surface area contributed by atoms with Gasteiger partial charge in [-0.25, -0.2) is 14.6 Å². The normalized spacial score (nSPS) is 11.4. The van der Waals surface area contributed by atoms with E-state index in [0.717, 1.165) is 12.8 Å². The highest BCUT2D eigenvalue weighted by Crippen LogP contribution is 2.36. The average molecular weight is 360 g/mol. The van der Waals surface area contributed by atoms with E-state index in [4.69, 9.17) is 11.6 Å². The third-order valence-electron chi connectivity index (χ3n) is 4.43. The van der Waals surface area contributed by atoms with Gasteiger partial charge in [-0.05, 0) is 24.5 Å². The van der Waals surface area contributed by atoms with Crippen molar-refractivity contribution >= 4 is 28.7 Å². The van der Waals surface area contributed by atoms with Crippen LogP contribution in [-0.2, 0) is 0 Å². The van der Waals surface area contributed by atoms with E-state index in [9.17, 15) is 14.7 Å². The Morgan fingerprint density at radius 1 is 1.32 bits per heavy atom. The molecule has 2 N–H and O–H groups in total. The number of carboxylic acids is 1. The number of carboxylic acid groups (broad SMARTS) is 1. The van der Waals surface area contributed by atoms with Crippen molar-refractivity contribution in [3.05, 3.63) is 51.5 Å². The number of hydrogen-bond donors (Lipinski definition) is 2. The van der Waals surface area contributed by atoms with Crippen LogP contribution in [0.15, 0.2) is 35.3 Å². The number of H-pyrrole nitrogens is 1. The molecular formula is C18H18ClN3O3. The van der Waals surface area contributed by atoms with Crippen LogP contribution in [0.5, 0.6) is 0 Å². The quantitative estimate of drug-likeness (QED) is 0.717. The van der Waals surface area contributed by atoms with Gasteiger partial charge in [-0.1, -0.05) is 43.6 Å². The van der Waals surface area contributed by atoms with Crippen molar-refractivity contribution in [2.45, 2.75) is 32.7 Å². The Hall–Kier alpha value is -2.60. The molecule has 1 aromatic carbocycles. The van der Waals surface area contributed by atoms with Crippen LogP contribution in [0.1, 0.15) is 43.1 Å². The second-order valence-corrected chi connectivity index (χ2v) is 6.21. The number of aromatic amines is 1. The van der Waals surface area contributed by atoms with Crippen LogP contribution in [0, 0.1) is 0 Å². The van der Waals surface area contributed by atoms with Crippen molar-refractivity contribution in [3.8, 4) is 11.1 Å². The predicted molar refractivity (Wildman–Crippen MR) is 97.4 cm³/mol. The zero-order chi connectivity index (χ0) is 18.1. The van der Waals surface area contributed by atoms with Crippen molar-refractivity contribution in [1.29, 1.82) is 0 Å². The fourth-order valence-corrected chi connectivity index (χ4v) is 3.45. The second kappa shape index (κ2) is 6.72.